The molecule has 0 aliphatic heterocycles. The molecule has 2 nitrogen and oxygen atoms in total. The molecule has 0 fully saturated rings. The summed E-state index contributed by atoms with van der Waals surface area (Å²) >= 11 is 3.63. The zero-order valence-electron chi connectivity index (χ0n) is 13.1. The molecule has 0 aliphatic rings. The maximum atomic E-state index is 5.34. The number of halogens is 1. The zero-order valence-corrected chi connectivity index (χ0v) is 14.6. The highest BCUT2D eigenvalue weighted by Gasteiger charge is 2.16. The molecule has 112 valence electrons. The first-order valence-corrected chi connectivity index (χ1v) is 8.02. The number of benzene rings is 2. The van der Waals surface area contributed by atoms with Gasteiger partial charge in [-0.2, -0.15) is 0 Å². The van der Waals surface area contributed by atoms with Gasteiger partial charge in [-0.25, -0.2) is 0 Å². The predicted octanol–water partition coefficient (Wildman–Crippen LogP) is 5.35. The van der Waals surface area contributed by atoms with E-state index in [-0.39, 0.29) is 0 Å². The topological polar surface area (TPSA) is 12.5 Å². The minimum Gasteiger partial charge on any atom is -0.497 e. The Balaban J connectivity index is 2.32. The third-order valence-corrected chi connectivity index (χ3v) is 4.73. The van der Waals surface area contributed by atoms with E-state index in [2.05, 4.69) is 71.9 Å². The van der Waals surface area contributed by atoms with Gasteiger partial charge in [0.1, 0.15) is 5.75 Å². The van der Waals surface area contributed by atoms with Crippen LogP contribution >= 0.6 is 15.9 Å². The standard InChI is InChI=1S/C18H22BrNO/c1-5-20(16-7-6-8-17(12-16)21-4)14(3)15-10-9-13(2)18(19)11-15/h6-12,14H,5H2,1-4H3. The average Bonchev–Trinajstić information content (AvgIpc) is 2.51. The van der Waals surface area contributed by atoms with Crippen LogP contribution in [0, 0.1) is 6.92 Å². The second kappa shape index (κ2) is 6.99. The van der Waals surface area contributed by atoms with E-state index in [9.17, 15) is 0 Å². The normalized spacial score (nSPS) is 12.0. The summed E-state index contributed by atoms with van der Waals surface area (Å²) in [5, 5.41) is 0. The lowest BCUT2D eigenvalue weighted by atomic mass is 10.0. The highest BCUT2D eigenvalue weighted by molar-refractivity contribution is 9.10. The molecule has 0 aromatic heterocycles. The van der Waals surface area contributed by atoms with Crippen LogP contribution in [0.25, 0.3) is 0 Å². The number of aryl methyl sites for hydroxylation is 1. The lowest BCUT2D eigenvalue weighted by molar-refractivity contribution is 0.414. The summed E-state index contributed by atoms with van der Waals surface area (Å²) in [6.45, 7) is 7.47. The summed E-state index contributed by atoms with van der Waals surface area (Å²) in [6.07, 6.45) is 0. The van der Waals surface area contributed by atoms with Crippen LogP contribution in [0.2, 0.25) is 0 Å². The molecule has 0 saturated carbocycles. The van der Waals surface area contributed by atoms with Gasteiger partial charge in [0.15, 0.2) is 0 Å². The molecular weight excluding hydrogens is 326 g/mol. The molecule has 0 amide bonds. The maximum absolute atomic E-state index is 5.34. The molecular formula is C18H22BrNO. The van der Waals surface area contributed by atoms with Gasteiger partial charge >= 0.3 is 0 Å². The van der Waals surface area contributed by atoms with Gasteiger partial charge in [-0.05, 0) is 50.1 Å². The van der Waals surface area contributed by atoms with E-state index >= 15 is 0 Å². The Morgan fingerprint density at radius 2 is 1.95 bits per heavy atom. The van der Waals surface area contributed by atoms with E-state index in [0.29, 0.717) is 6.04 Å². The summed E-state index contributed by atoms with van der Waals surface area (Å²) in [5.41, 5.74) is 3.74. The van der Waals surface area contributed by atoms with E-state index in [0.717, 1.165) is 16.8 Å². The first-order valence-electron chi connectivity index (χ1n) is 7.23. The summed E-state index contributed by atoms with van der Waals surface area (Å²) in [4.78, 5) is 2.37. The number of rotatable bonds is 5. The van der Waals surface area contributed by atoms with Crippen molar-refractivity contribution in [1.29, 1.82) is 0 Å². The van der Waals surface area contributed by atoms with E-state index in [4.69, 9.17) is 4.74 Å². The van der Waals surface area contributed by atoms with Crippen LogP contribution in [0.3, 0.4) is 0 Å². The third kappa shape index (κ3) is 3.59. The van der Waals surface area contributed by atoms with Gasteiger partial charge in [-0.15, -0.1) is 0 Å². The van der Waals surface area contributed by atoms with Crippen molar-refractivity contribution in [2.45, 2.75) is 26.8 Å². The van der Waals surface area contributed by atoms with Crippen LogP contribution in [0.4, 0.5) is 5.69 Å². The SMILES string of the molecule is CCN(c1cccc(OC)c1)C(C)c1ccc(C)c(Br)c1. The molecule has 2 rings (SSSR count). The fourth-order valence-corrected chi connectivity index (χ4v) is 2.91. The largest absolute Gasteiger partial charge is 0.497 e. The van der Waals surface area contributed by atoms with Gasteiger partial charge in [0.05, 0.1) is 13.2 Å². The van der Waals surface area contributed by atoms with Crippen molar-refractivity contribution in [3.63, 3.8) is 0 Å². The van der Waals surface area contributed by atoms with E-state index in [1.165, 1.54) is 16.8 Å². The first-order chi connectivity index (χ1) is 10.1. The number of ether oxygens (including phenoxy) is 1. The highest BCUT2D eigenvalue weighted by Crippen LogP contribution is 2.31. The van der Waals surface area contributed by atoms with Crippen molar-refractivity contribution < 1.29 is 4.74 Å². The second-order valence-corrected chi connectivity index (χ2v) is 6.03. The van der Waals surface area contributed by atoms with Gasteiger partial charge in [-0.1, -0.05) is 34.1 Å². The molecule has 0 heterocycles. The Hall–Kier alpha value is -1.48. The van der Waals surface area contributed by atoms with Gasteiger partial charge < -0.3 is 9.64 Å². The zero-order chi connectivity index (χ0) is 15.4. The van der Waals surface area contributed by atoms with Crippen LogP contribution in [0.5, 0.6) is 5.75 Å². The summed E-state index contributed by atoms with van der Waals surface area (Å²) in [5.74, 6) is 0.892. The first kappa shape index (κ1) is 15.9. The average molecular weight is 348 g/mol. The molecule has 0 radical (unpaired) electrons. The van der Waals surface area contributed by atoms with E-state index < -0.39 is 0 Å². The lowest BCUT2D eigenvalue weighted by Crippen LogP contribution is -2.26. The third-order valence-electron chi connectivity index (χ3n) is 3.87. The summed E-state index contributed by atoms with van der Waals surface area (Å²) < 4.78 is 6.50. The van der Waals surface area contributed by atoms with Crippen molar-refractivity contribution in [2.24, 2.45) is 0 Å². The second-order valence-electron chi connectivity index (χ2n) is 5.17. The van der Waals surface area contributed by atoms with Crippen LogP contribution in [0.1, 0.15) is 31.0 Å². The fraction of sp³-hybridized carbons (Fsp3) is 0.333. The number of nitrogens with zero attached hydrogens (tertiary/aromatic N) is 1. The van der Waals surface area contributed by atoms with E-state index in [1.54, 1.807) is 7.11 Å². The van der Waals surface area contributed by atoms with Crippen molar-refractivity contribution in [3.05, 3.63) is 58.1 Å². The maximum Gasteiger partial charge on any atom is 0.120 e. The van der Waals surface area contributed by atoms with E-state index in [1.807, 2.05) is 12.1 Å². The van der Waals surface area contributed by atoms with Crippen molar-refractivity contribution in [1.82, 2.24) is 0 Å². The van der Waals surface area contributed by atoms with Gasteiger partial charge in [0.25, 0.3) is 0 Å². The fourth-order valence-electron chi connectivity index (χ4n) is 2.52. The van der Waals surface area contributed by atoms with Crippen LogP contribution in [-0.2, 0) is 0 Å². The molecule has 0 saturated heterocycles. The molecule has 2 aromatic carbocycles. The Morgan fingerprint density at radius 1 is 1.19 bits per heavy atom. The smallest absolute Gasteiger partial charge is 0.120 e. The number of anilines is 1. The van der Waals surface area contributed by atoms with Crippen LogP contribution < -0.4 is 9.64 Å². The van der Waals surface area contributed by atoms with Crippen molar-refractivity contribution in [2.75, 3.05) is 18.6 Å². The highest BCUT2D eigenvalue weighted by atomic mass is 79.9. The Bertz CT molecular complexity index is 612. The molecule has 1 atom stereocenters. The van der Waals surface area contributed by atoms with Gasteiger partial charge in [0.2, 0.25) is 0 Å². The Morgan fingerprint density at radius 3 is 2.57 bits per heavy atom. The Labute approximate surface area is 135 Å². The molecule has 3 heteroatoms. The predicted molar refractivity (Wildman–Crippen MR) is 93.3 cm³/mol. The molecule has 1 unspecified atom stereocenters. The Kier molecular flexibility index (Phi) is 5.29. The van der Waals surface area contributed by atoms with Crippen molar-refractivity contribution >= 4 is 21.6 Å². The quantitative estimate of drug-likeness (QED) is 0.722. The summed E-state index contributed by atoms with van der Waals surface area (Å²) in [6, 6.07) is 15.1. The minimum absolute atomic E-state index is 0.305. The lowest BCUT2D eigenvalue weighted by Gasteiger charge is -2.31. The van der Waals surface area contributed by atoms with Gasteiger partial charge in [-0.3, -0.25) is 0 Å². The van der Waals surface area contributed by atoms with Gasteiger partial charge in [0, 0.05) is 22.8 Å². The summed E-state index contributed by atoms with van der Waals surface area (Å²) in [7, 11) is 1.70. The van der Waals surface area contributed by atoms with Crippen molar-refractivity contribution in [3.8, 4) is 5.75 Å². The molecule has 0 aliphatic carbocycles. The van der Waals surface area contributed by atoms with Crippen LogP contribution in [0.15, 0.2) is 46.9 Å². The molecule has 0 spiro atoms. The van der Waals surface area contributed by atoms with Crippen LogP contribution in [-0.4, -0.2) is 13.7 Å². The molecule has 21 heavy (non-hydrogen) atoms. The molecule has 0 bridgehead atoms. The number of methoxy groups -OCH3 is 1. The molecule has 2 aromatic rings. The monoisotopic (exact) mass is 347 g/mol. The number of hydrogen-bond acceptors (Lipinski definition) is 2. The minimum atomic E-state index is 0.305. The molecule has 0 N–H and O–H groups in total. The number of hydrogen-bond donors (Lipinski definition) is 0.